The predicted molar refractivity (Wildman–Crippen MR) is 137 cm³/mol. The van der Waals surface area contributed by atoms with Gasteiger partial charge in [-0.05, 0) is 50.8 Å². The zero-order chi connectivity index (χ0) is 26.6. The molecule has 4 unspecified atom stereocenters. The van der Waals surface area contributed by atoms with Crippen LogP contribution in [0.5, 0.6) is 0 Å². The molecule has 0 spiro atoms. The fourth-order valence-electron chi connectivity index (χ4n) is 5.40. The molecule has 198 valence electrons. The summed E-state index contributed by atoms with van der Waals surface area (Å²) in [5, 5.41) is 4.74. The molecule has 2 bridgehead atoms. The summed E-state index contributed by atoms with van der Waals surface area (Å²) < 4.78 is 63.2. The van der Waals surface area contributed by atoms with E-state index in [-0.39, 0.29) is 23.0 Å². The van der Waals surface area contributed by atoms with Crippen LogP contribution in [-0.2, 0) is 21.9 Å². The molecule has 1 aromatic carbocycles. The van der Waals surface area contributed by atoms with Gasteiger partial charge in [0, 0.05) is 41.6 Å². The number of halogens is 3. The van der Waals surface area contributed by atoms with Gasteiger partial charge in [0.2, 0.25) is 15.9 Å². The Bertz CT molecular complexity index is 1270. The molecular formula is C24H32BrF2N5O3S. The fourth-order valence-corrected chi connectivity index (χ4v) is 7.12. The van der Waals surface area contributed by atoms with Gasteiger partial charge in [-0.2, -0.15) is 9.82 Å². The van der Waals surface area contributed by atoms with E-state index in [2.05, 4.69) is 32.3 Å². The molecule has 4 rings (SSSR count). The van der Waals surface area contributed by atoms with Gasteiger partial charge in [-0.1, -0.05) is 28.9 Å². The van der Waals surface area contributed by atoms with Gasteiger partial charge >= 0.3 is 0 Å². The maximum atomic E-state index is 16.3. The molecule has 5 atom stereocenters. The summed E-state index contributed by atoms with van der Waals surface area (Å²) in [6.07, 6.45) is 5.00. The van der Waals surface area contributed by atoms with Crippen molar-refractivity contribution in [3.8, 4) is 0 Å². The number of alkyl halides is 3. The molecule has 12 heteroatoms. The van der Waals surface area contributed by atoms with Crippen molar-refractivity contribution in [3.63, 3.8) is 0 Å². The minimum Gasteiger partial charge on any atom is -0.335 e. The molecule has 0 radical (unpaired) electrons. The molecule has 2 aliphatic rings. The van der Waals surface area contributed by atoms with E-state index in [1.165, 1.54) is 41.6 Å². The molecule has 0 saturated carbocycles. The second-order valence-corrected chi connectivity index (χ2v) is 13.3. The monoisotopic (exact) mass is 587 g/mol. The van der Waals surface area contributed by atoms with Crippen LogP contribution in [0.4, 0.5) is 8.78 Å². The number of carbonyl (C=O) groups excluding carboxylic acids is 1. The molecular weight excluding hydrogens is 556 g/mol. The van der Waals surface area contributed by atoms with E-state index in [1.54, 1.807) is 13.2 Å². The van der Waals surface area contributed by atoms with Crippen molar-refractivity contribution in [1.29, 1.82) is 0 Å². The van der Waals surface area contributed by atoms with Crippen molar-refractivity contribution < 1.29 is 22.0 Å². The van der Waals surface area contributed by atoms with Gasteiger partial charge in [0.15, 0.2) is 6.04 Å². The average molecular weight is 589 g/mol. The number of sulfonamides is 1. The Morgan fingerprint density at radius 2 is 1.94 bits per heavy atom. The zero-order valence-electron chi connectivity index (χ0n) is 20.5. The Labute approximate surface area is 218 Å². The topological polar surface area (TPSA) is 110 Å². The number of fused-ring (bicyclic) bond motifs is 3. The van der Waals surface area contributed by atoms with E-state index in [4.69, 9.17) is 5.73 Å². The lowest BCUT2D eigenvalue weighted by molar-refractivity contribution is -0.160. The molecule has 3 heterocycles. The van der Waals surface area contributed by atoms with E-state index in [9.17, 15) is 13.2 Å². The highest BCUT2D eigenvalue weighted by Gasteiger charge is 2.61. The lowest BCUT2D eigenvalue weighted by atomic mass is 9.77. The summed E-state index contributed by atoms with van der Waals surface area (Å²) in [7, 11) is -2.82. The summed E-state index contributed by atoms with van der Waals surface area (Å²) in [5.74, 6) is -4.76. The molecule has 2 aromatic rings. The molecule has 2 saturated heterocycles. The van der Waals surface area contributed by atoms with Gasteiger partial charge in [0.1, 0.15) is 0 Å². The molecule has 1 amide bonds. The smallest absolute Gasteiger partial charge is 0.282 e. The molecule has 8 nitrogen and oxygen atoms in total. The average Bonchev–Trinajstić information content (AvgIpc) is 3.31. The van der Waals surface area contributed by atoms with Crippen molar-refractivity contribution in [2.75, 3.05) is 0 Å². The number of amides is 1. The Balaban J connectivity index is 1.77. The summed E-state index contributed by atoms with van der Waals surface area (Å²) in [6.45, 7) is 6.36. The minimum absolute atomic E-state index is 0.116. The highest BCUT2D eigenvalue weighted by atomic mass is 79.9. The first-order valence-electron chi connectivity index (χ1n) is 11.9. The number of nitrogens with two attached hydrogens (primary N) is 1. The third-order valence-corrected chi connectivity index (χ3v) is 10.1. The Hall–Kier alpha value is -1.89. The van der Waals surface area contributed by atoms with Crippen LogP contribution in [0, 0.1) is 5.41 Å². The van der Waals surface area contributed by atoms with Gasteiger partial charge in [-0.15, -0.1) is 6.58 Å². The van der Waals surface area contributed by atoms with Gasteiger partial charge in [0.05, 0.1) is 15.8 Å². The minimum atomic E-state index is -4.52. The quantitative estimate of drug-likeness (QED) is 0.363. The van der Waals surface area contributed by atoms with E-state index in [0.717, 1.165) is 6.08 Å². The van der Waals surface area contributed by atoms with Crippen LogP contribution in [0.3, 0.4) is 0 Å². The van der Waals surface area contributed by atoms with Crippen molar-refractivity contribution in [2.24, 2.45) is 18.2 Å². The van der Waals surface area contributed by atoms with Crippen molar-refractivity contribution >= 4 is 42.8 Å². The van der Waals surface area contributed by atoms with Crippen molar-refractivity contribution in [2.45, 2.75) is 79.3 Å². The number of carbonyl (C=O) groups is 1. The molecule has 3 N–H and O–H groups in total. The lowest BCUT2D eigenvalue weighted by Crippen LogP contribution is -2.65. The van der Waals surface area contributed by atoms with Crippen LogP contribution < -0.4 is 10.5 Å². The number of nitrogens with zero attached hydrogens (tertiary/aromatic N) is 3. The van der Waals surface area contributed by atoms with Gasteiger partial charge in [-0.25, -0.2) is 17.2 Å². The number of nitrogens with one attached hydrogen (secondary N) is 1. The Morgan fingerprint density at radius 3 is 2.50 bits per heavy atom. The van der Waals surface area contributed by atoms with Gasteiger partial charge in [0.25, 0.3) is 5.92 Å². The largest absolute Gasteiger partial charge is 0.335 e. The molecule has 0 aliphatic carbocycles. The molecule has 2 fully saturated rings. The Morgan fingerprint density at radius 1 is 1.33 bits per heavy atom. The summed E-state index contributed by atoms with van der Waals surface area (Å²) >= 11 is 3.23. The number of hydrogen-bond donors (Lipinski definition) is 2. The maximum Gasteiger partial charge on any atom is 0.282 e. The lowest BCUT2D eigenvalue weighted by Gasteiger charge is -2.45. The predicted octanol–water partition coefficient (Wildman–Crippen LogP) is 3.31. The number of allylic oxidation sites excluding steroid dienone is 1. The normalized spacial score (nSPS) is 26.0. The highest BCUT2D eigenvalue weighted by molar-refractivity contribution is 9.09. The Kier molecular flexibility index (Phi) is 7.13. The summed E-state index contributed by atoms with van der Waals surface area (Å²) in [5.41, 5.74) is 4.73. The van der Waals surface area contributed by atoms with E-state index in [1.807, 2.05) is 0 Å². The summed E-state index contributed by atoms with van der Waals surface area (Å²) in [6, 6.07) is 1.10. The first-order chi connectivity index (χ1) is 16.7. The van der Waals surface area contributed by atoms with Crippen LogP contribution >= 0.6 is 15.9 Å². The van der Waals surface area contributed by atoms with Crippen molar-refractivity contribution in [3.05, 3.63) is 37.1 Å². The van der Waals surface area contributed by atoms with Crippen molar-refractivity contribution in [1.82, 2.24) is 19.4 Å². The van der Waals surface area contributed by atoms with Gasteiger partial charge in [-0.3, -0.25) is 9.48 Å². The maximum absolute atomic E-state index is 16.3. The number of hydrogen-bond acceptors (Lipinski definition) is 5. The first kappa shape index (κ1) is 27.2. The van der Waals surface area contributed by atoms with E-state index < -0.39 is 38.1 Å². The standard InChI is InChI=1S/C24H32BrF2N5O3S/c1-5-23(3,14(2)25)24(26,27)21(22(33)32-17-6-7-18(32)12-16(28)11-17)30-36(34,35)19-8-9-20-15(10-19)13-31(4)29-20/h5,8-10,13-14,16-18,21,30H,1,6-7,11-12,28H2,2-4H3/t14-,16?,17?,18?,21?,23?/m1/s1. The number of aromatic nitrogens is 2. The van der Waals surface area contributed by atoms with Crippen LogP contribution in [-0.4, -0.2) is 63.9 Å². The molecule has 2 aliphatic heterocycles. The third kappa shape index (κ3) is 4.50. The number of piperidine rings is 1. The van der Waals surface area contributed by atoms with Crippen LogP contribution in [0.1, 0.15) is 39.5 Å². The number of benzene rings is 1. The SMILES string of the molecule is C=CC(C)([C@@H](C)Br)C(F)(F)C(NS(=O)(=O)c1ccc2nn(C)cc2c1)C(=O)N1C2CCC1CC(N)C2. The van der Waals surface area contributed by atoms with Crippen LogP contribution in [0.15, 0.2) is 41.9 Å². The van der Waals surface area contributed by atoms with E-state index >= 15 is 8.78 Å². The number of rotatable bonds is 8. The first-order valence-corrected chi connectivity index (χ1v) is 14.3. The molecule has 36 heavy (non-hydrogen) atoms. The second kappa shape index (κ2) is 9.45. The second-order valence-electron chi connectivity index (χ2n) is 10.2. The van der Waals surface area contributed by atoms with Crippen LogP contribution in [0.2, 0.25) is 0 Å². The fraction of sp³-hybridized carbons (Fsp3) is 0.583. The van der Waals surface area contributed by atoms with Gasteiger partial charge < -0.3 is 10.6 Å². The van der Waals surface area contributed by atoms with E-state index in [0.29, 0.717) is 36.6 Å². The molecule has 1 aromatic heterocycles. The zero-order valence-corrected chi connectivity index (χ0v) is 22.9. The van der Waals surface area contributed by atoms with Crippen LogP contribution in [0.25, 0.3) is 10.9 Å². The summed E-state index contributed by atoms with van der Waals surface area (Å²) in [4.78, 5) is 14.2. The highest BCUT2D eigenvalue weighted by Crippen LogP contribution is 2.47. The third-order valence-electron chi connectivity index (χ3n) is 7.78. The number of aryl methyl sites for hydroxylation is 1.